The normalized spacial score (nSPS) is 25.4. The quantitative estimate of drug-likeness (QED) is 0.874. The van der Waals surface area contributed by atoms with E-state index in [0.29, 0.717) is 13.2 Å². The molecule has 1 aliphatic carbocycles. The third-order valence-electron chi connectivity index (χ3n) is 4.16. The van der Waals surface area contributed by atoms with Crippen LogP contribution < -0.4 is 14.8 Å². The first-order valence-corrected chi connectivity index (χ1v) is 8.53. The lowest BCUT2D eigenvalue weighted by atomic mass is 9.92. The van der Waals surface area contributed by atoms with E-state index in [2.05, 4.69) is 27.3 Å². The Morgan fingerprint density at radius 1 is 1.14 bits per heavy atom. The molecule has 4 nitrogen and oxygen atoms in total. The van der Waals surface area contributed by atoms with Gasteiger partial charge in [-0.1, -0.05) is 12.8 Å². The van der Waals surface area contributed by atoms with E-state index in [9.17, 15) is 5.11 Å². The fraction of sp³-hybridized carbons (Fsp3) is 0.625. The minimum atomic E-state index is -0.220. The van der Waals surface area contributed by atoms with Crippen LogP contribution in [-0.2, 0) is 6.54 Å². The van der Waals surface area contributed by atoms with Gasteiger partial charge in [-0.25, -0.2) is 0 Å². The first kappa shape index (κ1) is 15.1. The van der Waals surface area contributed by atoms with Crippen molar-refractivity contribution in [3.05, 3.63) is 22.2 Å². The zero-order valence-corrected chi connectivity index (χ0v) is 13.7. The number of aliphatic hydroxyl groups is 1. The number of benzene rings is 1. The van der Waals surface area contributed by atoms with Crippen molar-refractivity contribution in [2.75, 3.05) is 13.2 Å². The second-order valence-corrected chi connectivity index (χ2v) is 6.65. The van der Waals surface area contributed by atoms with Crippen LogP contribution in [0.1, 0.15) is 37.7 Å². The predicted octanol–water partition coefficient (Wildman–Crippen LogP) is 3.00. The van der Waals surface area contributed by atoms with Crippen LogP contribution in [0.2, 0.25) is 0 Å². The Morgan fingerprint density at radius 2 is 1.95 bits per heavy atom. The molecule has 1 heterocycles. The van der Waals surface area contributed by atoms with Crippen molar-refractivity contribution in [1.29, 1.82) is 0 Å². The Morgan fingerprint density at radius 3 is 2.81 bits per heavy atom. The van der Waals surface area contributed by atoms with E-state index in [1.165, 1.54) is 6.42 Å². The fourth-order valence-electron chi connectivity index (χ4n) is 2.98. The molecule has 21 heavy (non-hydrogen) atoms. The van der Waals surface area contributed by atoms with E-state index in [1.54, 1.807) is 0 Å². The molecule has 1 fully saturated rings. The van der Waals surface area contributed by atoms with E-state index in [1.807, 2.05) is 6.07 Å². The minimum absolute atomic E-state index is 0.202. The van der Waals surface area contributed by atoms with Crippen molar-refractivity contribution >= 4 is 15.9 Å². The zero-order valence-electron chi connectivity index (χ0n) is 12.1. The number of rotatable bonds is 3. The number of nitrogens with one attached hydrogen (secondary N) is 1. The minimum Gasteiger partial charge on any atom is -0.490 e. The summed E-state index contributed by atoms with van der Waals surface area (Å²) in [6.07, 6.45) is 4.97. The van der Waals surface area contributed by atoms with Crippen LogP contribution >= 0.6 is 15.9 Å². The van der Waals surface area contributed by atoms with Gasteiger partial charge in [0, 0.05) is 19.0 Å². The van der Waals surface area contributed by atoms with E-state index in [-0.39, 0.29) is 12.1 Å². The van der Waals surface area contributed by atoms with E-state index in [4.69, 9.17) is 9.47 Å². The van der Waals surface area contributed by atoms with Crippen LogP contribution in [0.15, 0.2) is 16.6 Å². The van der Waals surface area contributed by atoms with Crippen molar-refractivity contribution in [2.45, 2.75) is 50.8 Å². The number of hydrogen-bond donors (Lipinski definition) is 2. The predicted molar refractivity (Wildman–Crippen MR) is 84.9 cm³/mol. The van der Waals surface area contributed by atoms with Crippen LogP contribution in [0.5, 0.6) is 11.5 Å². The summed E-state index contributed by atoms with van der Waals surface area (Å²) in [5.41, 5.74) is 1.14. The molecule has 0 amide bonds. The summed E-state index contributed by atoms with van der Waals surface area (Å²) in [6, 6.07) is 4.30. The highest BCUT2D eigenvalue weighted by molar-refractivity contribution is 9.10. The molecule has 5 heteroatoms. The van der Waals surface area contributed by atoms with E-state index < -0.39 is 0 Å². The van der Waals surface area contributed by atoms with Gasteiger partial charge in [0.1, 0.15) is 0 Å². The van der Waals surface area contributed by atoms with Gasteiger partial charge in [-0.15, -0.1) is 0 Å². The SMILES string of the molecule is OC1CCCCC1NCc1cc(Br)c2c(c1)OCCCO2. The molecule has 1 saturated carbocycles. The molecule has 1 aromatic rings. The maximum Gasteiger partial charge on any atom is 0.175 e. The van der Waals surface area contributed by atoms with Crippen LogP contribution in [0, 0.1) is 0 Å². The number of fused-ring (bicyclic) bond motifs is 1. The van der Waals surface area contributed by atoms with Crippen LogP contribution in [0.25, 0.3) is 0 Å². The van der Waals surface area contributed by atoms with Gasteiger partial charge >= 0.3 is 0 Å². The van der Waals surface area contributed by atoms with Gasteiger partial charge in [0.2, 0.25) is 0 Å². The highest BCUT2D eigenvalue weighted by atomic mass is 79.9. The molecule has 0 radical (unpaired) electrons. The fourth-order valence-corrected chi connectivity index (χ4v) is 3.59. The lowest BCUT2D eigenvalue weighted by Crippen LogP contribution is -2.41. The molecule has 2 aliphatic rings. The van der Waals surface area contributed by atoms with Gasteiger partial charge in [-0.2, -0.15) is 0 Å². The first-order chi connectivity index (χ1) is 10.2. The molecule has 0 spiro atoms. The second kappa shape index (κ2) is 6.99. The second-order valence-electron chi connectivity index (χ2n) is 5.79. The molecule has 3 rings (SSSR count). The van der Waals surface area contributed by atoms with Crippen molar-refractivity contribution in [1.82, 2.24) is 5.32 Å². The Bertz CT molecular complexity index is 495. The Kier molecular flexibility index (Phi) is 5.03. The van der Waals surface area contributed by atoms with E-state index >= 15 is 0 Å². The smallest absolute Gasteiger partial charge is 0.175 e. The monoisotopic (exact) mass is 355 g/mol. The van der Waals surface area contributed by atoms with Crippen LogP contribution in [0.4, 0.5) is 0 Å². The zero-order chi connectivity index (χ0) is 14.7. The molecule has 1 aromatic carbocycles. The molecule has 0 saturated heterocycles. The average molecular weight is 356 g/mol. The Balaban J connectivity index is 1.68. The molecule has 0 bridgehead atoms. The lowest BCUT2D eigenvalue weighted by Gasteiger charge is -2.28. The first-order valence-electron chi connectivity index (χ1n) is 7.73. The molecular formula is C16H22BrNO3. The summed E-state index contributed by atoms with van der Waals surface area (Å²) < 4.78 is 12.4. The summed E-state index contributed by atoms with van der Waals surface area (Å²) in [7, 11) is 0. The van der Waals surface area contributed by atoms with Gasteiger partial charge in [0.25, 0.3) is 0 Å². The third-order valence-corrected chi connectivity index (χ3v) is 4.75. The van der Waals surface area contributed by atoms with Crippen molar-refractivity contribution in [3.63, 3.8) is 0 Å². The number of hydrogen-bond acceptors (Lipinski definition) is 4. The van der Waals surface area contributed by atoms with Gasteiger partial charge in [0.05, 0.1) is 23.8 Å². The van der Waals surface area contributed by atoms with Crippen molar-refractivity contribution in [2.24, 2.45) is 0 Å². The molecule has 116 valence electrons. The molecule has 2 atom stereocenters. The molecule has 2 N–H and O–H groups in total. The van der Waals surface area contributed by atoms with E-state index in [0.717, 1.165) is 53.8 Å². The topological polar surface area (TPSA) is 50.7 Å². The van der Waals surface area contributed by atoms with Gasteiger partial charge in [-0.3, -0.25) is 0 Å². The third kappa shape index (κ3) is 3.71. The molecule has 1 aliphatic heterocycles. The summed E-state index contributed by atoms with van der Waals surface area (Å²) in [4.78, 5) is 0. The summed E-state index contributed by atoms with van der Waals surface area (Å²) in [5, 5.41) is 13.5. The lowest BCUT2D eigenvalue weighted by molar-refractivity contribution is 0.0902. The summed E-state index contributed by atoms with van der Waals surface area (Å²) >= 11 is 3.56. The maximum atomic E-state index is 10.0. The van der Waals surface area contributed by atoms with Gasteiger partial charge in [0.15, 0.2) is 11.5 Å². The van der Waals surface area contributed by atoms with Crippen LogP contribution in [-0.4, -0.2) is 30.5 Å². The molecule has 2 unspecified atom stereocenters. The summed E-state index contributed by atoms with van der Waals surface area (Å²) in [5.74, 6) is 1.61. The van der Waals surface area contributed by atoms with Crippen molar-refractivity contribution < 1.29 is 14.6 Å². The highest BCUT2D eigenvalue weighted by Crippen LogP contribution is 2.38. The summed E-state index contributed by atoms with van der Waals surface area (Å²) in [6.45, 7) is 2.12. The standard InChI is InChI=1S/C16H22BrNO3/c17-12-8-11(9-15-16(12)21-7-3-6-20-15)10-18-13-4-1-2-5-14(13)19/h8-9,13-14,18-19H,1-7,10H2. The van der Waals surface area contributed by atoms with Gasteiger partial charge in [-0.05, 0) is 46.5 Å². The number of ether oxygens (including phenoxy) is 2. The Labute approximate surface area is 134 Å². The largest absolute Gasteiger partial charge is 0.490 e. The number of halogens is 1. The van der Waals surface area contributed by atoms with Crippen molar-refractivity contribution in [3.8, 4) is 11.5 Å². The van der Waals surface area contributed by atoms with Gasteiger partial charge < -0.3 is 19.9 Å². The van der Waals surface area contributed by atoms with Crippen LogP contribution in [0.3, 0.4) is 0 Å². The average Bonchev–Trinajstić information content (AvgIpc) is 2.72. The maximum absolute atomic E-state index is 10.0. The molecular weight excluding hydrogens is 334 g/mol. The number of aliphatic hydroxyl groups excluding tert-OH is 1. The highest BCUT2D eigenvalue weighted by Gasteiger charge is 2.22. The Hall–Kier alpha value is -0.780. The molecule has 0 aromatic heterocycles.